The van der Waals surface area contributed by atoms with Gasteiger partial charge in [-0.3, -0.25) is 9.78 Å². The van der Waals surface area contributed by atoms with E-state index in [0.717, 1.165) is 28.2 Å². The number of hydrogen-bond donors (Lipinski definition) is 0. The number of aromatic nitrogens is 2. The number of ether oxygens (including phenoxy) is 1. The van der Waals surface area contributed by atoms with E-state index in [9.17, 15) is 4.79 Å². The molecule has 28 heavy (non-hydrogen) atoms. The van der Waals surface area contributed by atoms with Crippen molar-refractivity contribution >= 4 is 5.91 Å². The second-order valence-electron chi connectivity index (χ2n) is 6.90. The Labute approximate surface area is 166 Å². The minimum Gasteiger partial charge on any atom is -0.383 e. The summed E-state index contributed by atoms with van der Waals surface area (Å²) < 4.78 is 7.37. The van der Waals surface area contributed by atoms with Crippen molar-refractivity contribution in [1.82, 2.24) is 14.5 Å². The van der Waals surface area contributed by atoms with E-state index in [2.05, 4.69) is 9.55 Å². The number of methoxy groups -OCH3 is 1. The lowest BCUT2D eigenvalue weighted by molar-refractivity contribution is 0.0679. The molecule has 2 heterocycles. The molecule has 0 aliphatic rings. The van der Waals surface area contributed by atoms with Crippen molar-refractivity contribution in [3.05, 3.63) is 89.0 Å². The molecule has 3 rings (SSSR count). The lowest BCUT2D eigenvalue weighted by Crippen LogP contribution is -2.33. The molecule has 0 unspecified atom stereocenters. The summed E-state index contributed by atoms with van der Waals surface area (Å²) >= 11 is 0. The Kier molecular flexibility index (Phi) is 6.61. The van der Waals surface area contributed by atoms with Crippen LogP contribution in [0.3, 0.4) is 0 Å². The zero-order valence-electron chi connectivity index (χ0n) is 16.8. The van der Waals surface area contributed by atoms with Gasteiger partial charge in [-0.2, -0.15) is 0 Å². The highest BCUT2D eigenvalue weighted by atomic mass is 16.5. The number of pyridine rings is 1. The number of benzene rings is 1. The number of aryl methyl sites for hydroxylation is 1. The van der Waals surface area contributed by atoms with E-state index in [1.165, 1.54) is 0 Å². The van der Waals surface area contributed by atoms with Crippen molar-refractivity contribution in [3.63, 3.8) is 0 Å². The highest BCUT2D eigenvalue weighted by molar-refractivity contribution is 5.95. The third kappa shape index (κ3) is 4.67. The Morgan fingerprint density at radius 1 is 1.11 bits per heavy atom. The van der Waals surface area contributed by atoms with Crippen LogP contribution < -0.4 is 0 Å². The summed E-state index contributed by atoms with van der Waals surface area (Å²) in [6, 6.07) is 17.9. The summed E-state index contributed by atoms with van der Waals surface area (Å²) in [6.07, 6.45) is 1.79. The lowest BCUT2D eigenvalue weighted by atomic mass is 10.1. The van der Waals surface area contributed by atoms with Gasteiger partial charge in [-0.25, -0.2) is 0 Å². The monoisotopic (exact) mass is 377 g/mol. The van der Waals surface area contributed by atoms with E-state index < -0.39 is 0 Å². The molecule has 3 aromatic rings. The average Bonchev–Trinajstić information content (AvgIpc) is 3.00. The molecule has 0 saturated carbocycles. The van der Waals surface area contributed by atoms with Gasteiger partial charge >= 0.3 is 0 Å². The van der Waals surface area contributed by atoms with E-state index in [4.69, 9.17) is 4.74 Å². The van der Waals surface area contributed by atoms with Crippen LogP contribution >= 0.6 is 0 Å². The second kappa shape index (κ2) is 9.33. The summed E-state index contributed by atoms with van der Waals surface area (Å²) in [4.78, 5) is 19.6. The van der Waals surface area contributed by atoms with Gasteiger partial charge in [-0.1, -0.05) is 36.4 Å². The second-order valence-corrected chi connectivity index (χ2v) is 6.90. The van der Waals surface area contributed by atoms with Crippen molar-refractivity contribution in [2.45, 2.75) is 26.9 Å². The molecule has 0 aliphatic carbocycles. The number of rotatable bonds is 8. The van der Waals surface area contributed by atoms with E-state index in [0.29, 0.717) is 26.2 Å². The molecule has 0 aliphatic heterocycles. The Bertz CT molecular complexity index is 904. The molecular formula is C23H27N3O2. The fourth-order valence-corrected chi connectivity index (χ4v) is 3.34. The van der Waals surface area contributed by atoms with E-state index in [-0.39, 0.29) is 5.91 Å². The third-order valence-electron chi connectivity index (χ3n) is 4.92. The van der Waals surface area contributed by atoms with Crippen molar-refractivity contribution in [2.75, 3.05) is 20.3 Å². The van der Waals surface area contributed by atoms with Crippen LogP contribution in [0.15, 0.2) is 60.8 Å². The van der Waals surface area contributed by atoms with Gasteiger partial charge in [0.05, 0.1) is 24.4 Å². The Hall–Kier alpha value is -2.92. The zero-order valence-corrected chi connectivity index (χ0v) is 16.8. The van der Waals surface area contributed by atoms with Crippen LogP contribution in [0, 0.1) is 13.8 Å². The molecule has 0 N–H and O–H groups in total. The molecule has 0 bridgehead atoms. The molecule has 0 atom stereocenters. The van der Waals surface area contributed by atoms with Gasteiger partial charge in [0.15, 0.2) is 0 Å². The van der Waals surface area contributed by atoms with Crippen LogP contribution in [-0.2, 0) is 17.8 Å². The summed E-state index contributed by atoms with van der Waals surface area (Å²) in [7, 11) is 1.66. The van der Waals surface area contributed by atoms with Crippen molar-refractivity contribution in [1.29, 1.82) is 0 Å². The van der Waals surface area contributed by atoms with E-state index in [1.54, 1.807) is 13.3 Å². The van der Waals surface area contributed by atoms with Gasteiger partial charge in [0.1, 0.15) is 0 Å². The summed E-state index contributed by atoms with van der Waals surface area (Å²) in [5.74, 6) is 0.0290. The maximum absolute atomic E-state index is 13.3. The topological polar surface area (TPSA) is 47.4 Å². The summed E-state index contributed by atoms with van der Waals surface area (Å²) in [5.41, 5.74) is 4.83. The molecule has 0 radical (unpaired) electrons. The van der Waals surface area contributed by atoms with E-state index in [1.807, 2.05) is 73.3 Å². The van der Waals surface area contributed by atoms with Crippen LogP contribution in [0.1, 0.15) is 33.0 Å². The number of nitrogens with zero attached hydrogens (tertiary/aromatic N) is 3. The van der Waals surface area contributed by atoms with Gasteiger partial charge in [0.2, 0.25) is 0 Å². The van der Waals surface area contributed by atoms with Crippen molar-refractivity contribution in [2.24, 2.45) is 0 Å². The fraction of sp³-hybridized carbons (Fsp3) is 0.304. The normalized spacial score (nSPS) is 10.8. The van der Waals surface area contributed by atoms with Crippen molar-refractivity contribution < 1.29 is 9.53 Å². The minimum atomic E-state index is 0.0290. The third-order valence-corrected chi connectivity index (χ3v) is 4.92. The van der Waals surface area contributed by atoms with Crippen molar-refractivity contribution in [3.8, 4) is 0 Å². The van der Waals surface area contributed by atoms with Gasteiger partial charge in [-0.15, -0.1) is 0 Å². The summed E-state index contributed by atoms with van der Waals surface area (Å²) in [6.45, 7) is 6.30. The SMILES string of the molecule is COCCN(Cc1ccccc1)C(=O)c1cc(C)n(Cc2ccccn2)c1C. The fourth-order valence-electron chi connectivity index (χ4n) is 3.34. The van der Waals surface area contributed by atoms with Gasteiger partial charge in [0, 0.05) is 37.8 Å². The zero-order chi connectivity index (χ0) is 19.9. The predicted octanol–water partition coefficient (Wildman–Crippen LogP) is 3.84. The molecule has 0 spiro atoms. The molecule has 146 valence electrons. The minimum absolute atomic E-state index is 0.0290. The largest absolute Gasteiger partial charge is 0.383 e. The molecule has 5 heteroatoms. The number of carbonyl (C=O) groups is 1. The average molecular weight is 377 g/mol. The molecule has 2 aromatic heterocycles. The molecular weight excluding hydrogens is 350 g/mol. The van der Waals surface area contributed by atoms with Gasteiger partial charge in [0.25, 0.3) is 5.91 Å². The highest BCUT2D eigenvalue weighted by Crippen LogP contribution is 2.19. The van der Waals surface area contributed by atoms with Crippen LogP contribution in [0.25, 0.3) is 0 Å². The first-order valence-electron chi connectivity index (χ1n) is 9.49. The Balaban J connectivity index is 1.85. The van der Waals surface area contributed by atoms with E-state index >= 15 is 0 Å². The number of amides is 1. The lowest BCUT2D eigenvalue weighted by Gasteiger charge is -2.23. The van der Waals surface area contributed by atoms with Gasteiger partial charge < -0.3 is 14.2 Å². The smallest absolute Gasteiger partial charge is 0.256 e. The predicted molar refractivity (Wildman–Crippen MR) is 110 cm³/mol. The molecule has 5 nitrogen and oxygen atoms in total. The molecule has 1 aromatic carbocycles. The number of carbonyl (C=O) groups excluding carboxylic acids is 1. The first kappa shape index (κ1) is 19.8. The van der Waals surface area contributed by atoms with Crippen LogP contribution in [0.2, 0.25) is 0 Å². The summed E-state index contributed by atoms with van der Waals surface area (Å²) in [5, 5.41) is 0. The van der Waals surface area contributed by atoms with Crippen LogP contribution in [-0.4, -0.2) is 40.6 Å². The number of hydrogen-bond acceptors (Lipinski definition) is 3. The molecule has 0 saturated heterocycles. The Morgan fingerprint density at radius 2 is 1.86 bits per heavy atom. The maximum Gasteiger partial charge on any atom is 0.256 e. The first-order valence-corrected chi connectivity index (χ1v) is 9.49. The van der Waals surface area contributed by atoms with Crippen LogP contribution in [0.4, 0.5) is 0 Å². The molecule has 0 fully saturated rings. The Morgan fingerprint density at radius 3 is 2.54 bits per heavy atom. The molecule has 1 amide bonds. The standard InChI is InChI=1S/C23H27N3O2/c1-18-15-22(19(2)26(18)17-21-11-7-8-12-24-21)23(27)25(13-14-28-3)16-20-9-5-4-6-10-20/h4-12,15H,13-14,16-17H2,1-3H3. The quantitative estimate of drug-likeness (QED) is 0.599. The first-order chi connectivity index (χ1) is 13.6. The van der Waals surface area contributed by atoms with Crippen LogP contribution in [0.5, 0.6) is 0 Å². The highest BCUT2D eigenvalue weighted by Gasteiger charge is 2.21. The van der Waals surface area contributed by atoms with Gasteiger partial charge in [-0.05, 0) is 37.6 Å². The maximum atomic E-state index is 13.3.